The first-order valence-corrected chi connectivity index (χ1v) is 8.20. The van der Waals surface area contributed by atoms with E-state index in [-0.39, 0.29) is 5.69 Å². The lowest BCUT2D eigenvalue weighted by molar-refractivity contribution is 0.102. The highest BCUT2D eigenvalue weighted by Crippen LogP contribution is 2.22. The summed E-state index contributed by atoms with van der Waals surface area (Å²) >= 11 is 0. The zero-order valence-electron chi connectivity index (χ0n) is 12.8. The molecule has 0 aromatic heterocycles. The summed E-state index contributed by atoms with van der Waals surface area (Å²) in [6.07, 6.45) is 0. The van der Waals surface area contributed by atoms with Gasteiger partial charge in [0.05, 0.1) is 0 Å². The fourth-order valence-corrected chi connectivity index (χ4v) is 3.10. The van der Waals surface area contributed by atoms with Gasteiger partial charge in [-0.3, -0.25) is 9.35 Å². The number of carbonyl (C=O) groups excluding carboxylic acids is 1. The van der Waals surface area contributed by atoms with Gasteiger partial charge in [0, 0.05) is 11.3 Å². The van der Waals surface area contributed by atoms with Gasteiger partial charge in [0.1, 0.15) is 10.7 Å². The molecule has 23 heavy (non-hydrogen) atoms. The molecule has 0 aliphatic rings. The Balaban J connectivity index is 2.39. The number of rotatable bonds is 3. The molecule has 7 heteroatoms. The maximum Gasteiger partial charge on any atom is 0.297 e. The van der Waals surface area contributed by atoms with Crippen LogP contribution in [0.2, 0.25) is 0 Å². The SMILES string of the molecule is Cc1cc(C)c(C(=O)Nc2ccc(F)c(S(=O)(=O)O)c2)c(C)c1. The highest BCUT2D eigenvalue weighted by atomic mass is 32.2. The van der Waals surface area contributed by atoms with Gasteiger partial charge in [-0.1, -0.05) is 17.7 Å². The van der Waals surface area contributed by atoms with Gasteiger partial charge in [-0.25, -0.2) is 4.39 Å². The average Bonchev–Trinajstić information content (AvgIpc) is 2.38. The number of halogens is 1. The molecular weight excluding hydrogens is 321 g/mol. The Hall–Kier alpha value is -2.25. The number of carbonyl (C=O) groups is 1. The van der Waals surface area contributed by atoms with Gasteiger partial charge < -0.3 is 5.32 Å². The van der Waals surface area contributed by atoms with Crippen LogP contribution in [0.15, 0.2) is 35.2 Å². The molecule has 0 atom stereocenters. The molecule has 0 heterocycles. The molecule has 2 aromatic carbocycles. The van der Waals surface area contributed by atoms with Crippen LogP contribution >= 0.6 is 0 Å². The molecule has 0 aliphatic carbocycles. The van der Waals surface area contributed by atoms with Crippen molar-refractivity contribution < 1.29 is 22.2 Å². The molecule has 122 valence electrons. The van der Waals surface area contributed by atoms with E-state index in [2.05, 4.69) is 5.32 Å². The second-order valence-electron chi connectivity index (χ2n) is 5.35. The van der Waals surface area contributed by atoms with Gasteiger partial charge in [0.25, 0.3) is 16.0 Å². The Morgan fingerprint density at radius 2 is 1.65 bits per heavy atom. The number of benzene rings is 2. The lowest BCUT2D eigenvalue weighted by atomic mass is 9.99. The minimum Gasteiger partial charge on any atom is -0.322 e. The van der Waals surface area contributed by atoms with E-state index in [9.17, 15) is 17.6 Å². The molecule has 0 fully saturated rings. The van der Waals surface area contributed by atoms with Crippen LogP contribution in [0.3, 0.4) is 0 Å². The van der Waals surface area contributed by atoms with Crippen LogP contribution in [-0.2, 0) is 10.1 Å². The monoisotopic (exact) mass is 337 g/mol. The third-order valence-corrected chi connectivity index (χ3v) is 4.24. The van der Waals surface area contributed by atoms with Gasteiger partial charge in [-0.15, -0.1) is 0 Å². The van der Waals surface area contributed by atoms with Crippen molar-refractivity contribution in [3.63, 3.8) is 0 Å². The lowest BCUT2D eigenvalue weighted by Crippen LogP contribution is -2.16. The maximum absolute atomic E-state index is 13.4. The zero-order chi connectivity index (χ0) is 17.4. The predicted octanol–water partition coefficient (Wildman–Crippen LogP) is 3.25. The molecule has 0 aliphatic heterocycles. The fourth-order valence-electron chi connectivity index (χ4n) is 2.51. The standard InChI is InChI=1S/C16H16FNO4S/c1-9-6-10(2)15(11(3)7-9)16(19)18-12-4-5-13(17)14(8-12)23(20,21)22/h4-8H,1-3H3,(H,18,19)(H,20,21,22). The second-order valence-corrected chi connectivity index (χ2v) is 6.74. The summed E-state index contributed by atoms with van der Waals surface area (Å²) in [5.41, 5.74) is 3.11. The minimum absolute atomic E-state index is 0.0726. The van der Waals surface area contributed by atoms with Crippen molar-refractivity contribution in [1.29, 1.82) is 0 Å². The van der Waals surface area contributed by atoms with Crippen LogP contribution < -0.4 is 5.32 Å². The Labute approximate surface area is 133 Å². The molecule has 0 unspecified atom stereocenters. The van der Waals surface area contributed by atoms with Crippen molar-refractivity contribution in [2.75, 3.05) is 5.32 Å². The van der Waals surface area contributed by atoms with Gasteiger partial charge in [0.15, 0.2) is 0 Å². The summed E-state index contributed by atoms with van der Waals surface area (Å²) in [7, 11) is -4.70. The normalized spacial score (nSPS) is 11.3. The summed E-state index contributed by atoms with van der Waals surface area (Å²) in [5, 5.41) is 2.52. The quantitative estimate of drug-likeness (QED) is 0.842. The summed E-state index contributed by atoms with van der Waals surface area (Å²) in [5.74, 6) is -1.53. The lowest BCUT2D eigenvalue weighted by Gasteiger charge is -2.12. The van der Waals surface area contributed by atoms with E-state index < -0.39 is 26.7 Å². The maximum atomic E-state index is 13.4. The van der Waals surface area contributed by atoms with E-state index in [4.69, 9.17) is 4.55 Å². The molecule has 0 saturated carbocycles. The highest BCUT2D eigenvalue weighted by Gasteiger charge is 2.18. The number of hydrogen-bond donors (Lipinski definition) is 2. The van der Waals surface area contributed by atoms with E-state index >= 15 is 0 Å². The molecule has 5 nitrogen and oxygen atoms in total. The van der Waals surface area contributed by atoms with E-state index in [1.54, 1.807) is 13.8 Å². The minimum atomic E-state index is -4.70. The number of anilines is 1. The van der Waals surface area contributed by atoms with Crippen LogP contribution in [0.1, 0.15) is 27.0 Å². The summed E-state index contributed by atoms with van der Waals surface area (Å²) in [4.78, 5) is 11.5. The van der Waals surface area contributed by atoms with Crippen LogP contribution in [0.25, 0.3) is 0 Å². The van der Waals surface area contributed by atoms with Crippen molar-refractivity contribution in [2.45, 2.75) is 25.7 Å². The Kier molecular flexibility index (Phi) is 4.53. The van der Waals surface area contributed by atoms with Crippen molar-refractivity contribution in [3.8, 4) is 0 Å². The zero-order valence-corrected chi connectivity index (χ0v) is 13.7. The molecule has 1 amide bonds. The third-order valence-electron chi connectivity index (χ3n) is 3.37. The number of amides is 1. The first kappa shape index (κ1) is 17.1. The van der Waals surface area contributed by atoms with Crippen LogP contribution in [0, 0.1) is 26.6 Å². The van der Waals surface area contributed by atoms with Crippen LogP contribution in [0.5, 0.6) is 0 Å². The van der Waals surface area contributed by atoms with E-state index in [0.29, 0.717) is 5.56 Å². The van der Waals surface area contributed by atoms with E-state index in [0.717, 1.165) is 28.8 Å². The molecular formula is C16H16FNO4S. The third kappa shape index (κ3) is 3.75. The van der Waals surface area contributed by atoms with Crippen LogP contribution in [-0.4, -0.2) is 18.9 Å². The summed E-state index contributed by atoms with van der Waals surface area (Å²) < 4.78 is 44.7. The van der Waals surface area contributed by atoms with Gasteiger partial charge in [0.2, 0.25) is 0 Å². The first-order valence-electron chi connectivity index (χ1n) is 6.76. The Morgan fingerprint density at radius 3 is 2.17 bits per heavy atom. The predicted molar refractivity (Wildman–Crippen MR) is 84.8 cm³/mol. The number of hydrogen-bond acceptors (Lipinski definition) is 3. The molecule has 0 bridgehead atoms. The second kappa shape index (κ2) is 6.10. The average molecular weight is 337 g/mol. The van der Waals surface area contributed by atoms with Crippen molar-refractivity contribution >= 4 is 21.7 Å². The van der Waals surface area contributed by atoms with Gasteiger partial charge in [-0.05, 0) is 50.1 Å². The van der Waals surface area contributed by atoms with Crippen LogP contribution in [0.4, 0.5) is 10.1 Å². The van der Waals surface area contributed by atoms with Crippen molar-refractivity contribution in [2.24, 2.45) is 0 Å². The molecule has 2 aromatic rings. The van der Waals surface area contributed by atoms with Gasteiger partial charge >= 0.3 is 0 Å². The molecule has 0 spiro atoms. The highest BCUT2D eigenvalue weighted by molar-refractivity contribution is 7.85. The molecule has 2 rings (SSSR count). The van der Waals surface area contributed by atoms with E-state index in [1.807, 2.05) is 19.1 Å². The molecule has 2 N–H and O–H groups in total. The van der Waals surface area contributed by atoms with E-state index in [1.165, 1.54) is 6.07 Å². The Morgan fingerprint density at radius 1 is 1.09 bits per heavy atom. The summed E-state index contributed by atoms with van der Waals surface area (Å²) in [6.45, 7) is 5.51. The number of aryl methyl sites for hydroxylation is 3. The smallest absolute Gasteiger partial charge is 0.297 e. The van der Waals surface area contributed by atoms with Crippen molar-refractivity contribution in [3.05, 3.63) is 58.4 Å². The first-order chi connectivity index (χ1) is 10.6. The summed E-state index contributed by atoms with van der Waals surface area (Å²) in [6, 6.07) is 6.68. The van der Waals surface area contributed by atoms with Gasteiger partial charge in [-0.2, -0.15) is 8.42 Å². The number of nitrogens with one attached hydrogen (secondary N) is 1. The largest absolute Gasteiger partial charge is 0.322 e. The van der Waals surface area contributed by atoms with Crippen molar-refractivity contribution in [1.82, 2.24) is 0 Å². The molecule has 0 saturated heterocycles. The fraction of sp³-hybridized carbons (Fsp3) is 0.188. The Bertz CT molecular complexity index is 868. The molecule has 0 radical (unpaired) electrons. The topological polar surface area (TPSA) is 83.5 Å².